The average molecular weight is 339 g/mol. The van der Waals surface area contributed by atoms with Crippen molar-refractivity contribution in [1.82, 2.24) is 9.88 Å². The predicted octanol–water partition coefficient (Wildman–Crippen LogP) is 4.49. The van der Waals surface area contributed by atoms with E-state index >= 15 is 0 Å². The second-order valence-electron chi connectivity index (χ2n) is 5.37. The molecular weight excluding hydrogens is 320 g/mol. The third-order valence-corrected chi connectivity index (χ3v) is 6.23. The number of alkyl halides is 1. The molecule has 1 unspecified atom stereocenters. The van der Waals surface area contributed by atoms with Gasteiger partial charge in [0.1, 0.15) is 5.01 Å². The largest absolute Gasteiger partial charge is 0.298 e. The van der Waals surface area contributed by atoms with Gasteiger partial charge in [0.2, 0.25) is 0 Å². The molecule has 1 aromatic heterocycles. The van der Waals surface area contributed by atoms with E-state index in [1.54, 1.807) is 11.3 Å². The van der Waals surface area contributed by atoms with Crippen LogP contribution in [0.15, 0.2) is 29.6 Å². The van der Waals surface area contributed by atoms with Crippen LogP contribution in [0.5, 0.6) is 0 Å². The van der Waals surface area contributed by atoms with Crippen LogP contribution in [0.2, 0.25) is 0 Å². The third kappa shape index (κ3) is 3.62. The van der Waals surface area contributed by atoms with Crippen LogP contribution in [0, 0.1) is 0 Å². The maximum atomic E-state index is 5.87. The van der Waals surface area contributed by atoms with Gasteiger partial charge in [0.25, 0.3) is 0 Å². The lowest BCUT2D eigenvalue weighted by atomic mass is 10.1. The zero-order valence-electron chi connectivity index (χ0n) is 12.1. The first-order valence-electron chi connectivity index (χ1n) is 7.14. The van der Waals surface area contributed by atoms with Gasteiger partial charge in [-0.25, -0.2) is 4.98 Å². The van der Waals surface area contributed by atoms with Gasteiger partial charge in [-0.15, -0.1) is 22.9 Å². The van der Waals surface area contributed by atoms with Gasteiger partial charge in [-0.05, 0) is 24.8 Å². The third-order valence-electron chi connectivity index (χ3n) is 3.89. The minimum atomic E-state index is 0.484. The molecule has 0 spiro atoms. The van der Waals surface area contributed by atoms with E-state index in [0.29, 0.717) is 11.9 Å². The molecule has 1 fully saturated rings. The highest BCUT2D eigenvalue weighted by Gasteiger charge is 2.21. The van der Waals surface area contributed by atoms with Gasteiger partial charge in [-0.1, -0.05) is 24.3 Å². The van der Waals surface area contributed by atoms with Crippen molar-refractivity contribution in [3.63, 3.8) is 0 Å². The van der Waals surface area contributed by atoms with Crippen LogP contribution < -0.4 is 0 Å². The van der Waals surface area contributed by atoms with Crippen LogP contribution in [0.3, 0.4) is 0 Å². The Hall–Kier alpha value is -0.550. The van der Waals surface area contributed by atoms with E-state index in [1.165, 1.54) is 29.1 Å². The standard InChI is InChI=1S/C16H19ClN2S2/c1-19(14-6-7-20-11-14)9-12-4-2-3-5-15(12)16-18-13(8-17)10-21-16/h2-5,10,14H,6-9,11H2,1H3. The molecule has 3 rings (SSSR count). The SMILES string of the molecule is CN(Cc1ccccc1-c1nc(CCl)cs1)C1CCSC1. The van der Waals surface area contributed by atoms with Crippen LogP contribution in [0.4, 0.5) is 0 Å². The van der Waals surface area contributed by atoms with Crippen molar-refractivity contribution in [1.29, 1.82) is 0 Å². The number of hydrogen-bond donors (Lipinski definition) is 0. The number of benzene rings is 1. The van der Waals surface area contributed by atoms with Crippen molar-refractivity contribution < 1.29 is 0 Å². The average Bonchev–Trinajstić information content (AvgIpc) is 3.19. The Balaban J connectivity index is 1.81. The number of hydrogen-bond acceptors (Lipinski definition) is 4. The van der Waals surface area contributed by atoms with Gasteiger partial charge in [0, 0.05) is 29.3 Å². The number of rotatable bonds is 5. The summed E-state index contributed by atoms with van der Waals surface area (Å²) in [6.45, 7) is 0.983. The van der Waals surface area contributed by atoms with Gasteiger partial charge < -0.3 is 0 Å². The summed E-state index contributed by atoms with van der Waals surface area (Å²) in [6, 6.07) is 9.30. The van der Waals surface area contributed by atoms with Crippen molar-refractivity contribution in [3.05, 3.63) is 40.9 Å². The number of nitrogens with zero attached hydrogens (tertiary/aromatic N) is 2. The van der Waals surface area contributed by atoms with E-state index < -0.39 is 0 Å². The molecule has 0 radical (unpaired) electrons. The highest BCUT2D eigenvalue weighted by molar-refractivity contribution is 7.99. The molecule has 2 nitrogen and oxygen atoms in total. The molecule has 1 aromatic carbocycles. The molecule has 2 aromatic rings. The Morgan fingerprint density at radius 2 is 2.24 bits per heavy atom. The summed E-state index contributed by atoms with van der Waals surface area (Å²) >= 11 is 9.62. The molecule has 112 valence electrons. The van der Waals surface area contributed by atoms with Gasteiger partial charge in [0.05, 0.1) is 11.6 Å². The lowest BCUT2D eigenvalue weighted by molar-refractivity contribution is 0.255. The normalized spacial score (nSPS) is 18.5. The minimum absolute atomic E-state index is 0.484. The molecule has 2 heterocycles. The van der Waals surface area contributed by atoms with Crippen LogP contribution in [0.25, 0.3) is 10.6 Å². The fraction of sp³-hybridized carbons (Fsp3) is 0.438. The van der Waals surface area contributed by atoms with Gasteiger partial charge in [0.15, 0.2) is 0 Å². The maximum absolute atomic E-state index is 5.87. The van der Waals surface area contributed by atoms with Crippen molar-refractivity contribution >= 4 is 34.7 Å². The Bertz CT molecular complexity index is 593. The monoisotopic (exact) mass is 338 g/mol. The van der Waals surface area contributed by atoms with Crippen molar-refractivity contribution in [2.45, 2.75) is 24.9 Å². The number of halogens is 1. The van der Waals surface area contributed by atoms with Crippen LogP contribution in [-0.2, 0) is 12.4 Å². The first-order chi connectivity index (χ1) is 10.3. The van der Waals surface area contributed by atoms with E-state index in [9.17, 15) is 0 Å². The Labute approximate surface area is 139 Å². The molecule has 21 heavy (non-hydrogen) atoms. The molecule has 1 aliphatic heterocycles. The van der Waals surface area contributed by atoms with Gasteiger partial charge in [-0.2, -0.15) is 11.8 Å². The predicted molar refractivity (Wildman–Crippen MR) is 94.3 cm³/mol. The zero-order valence-corrected chi connectivity index (χ0v) is 14.5. The summed E-state index contributed by atoms with van der Waals surface area (Å²) in [5.41, 5.74) is 3.57. The summed E-state index contributed by atoms with van der Waals surface area (Å²) in [5, 5.41) is 3.13. The molecule has 1 atom stereocenters. The molecule has 5 heteroatoms. The van der Waals surface area contributed by atoms with Crippen LogP contribution >= 0.6 is 34.7 Å². The lowest BCUT2D eigenvalue weighted by Crippen LogP contribution is -2.31. The highest BCUT2D eigenvalue weighted by Crippen LogP contribution is 2.30. The summed E-state index contributed by atoms with van der Waals surface area (Å²) in [6.07, 6.45) is 1.30. The second-order valence-corrected chi connectivity index (χ2v) is 7.64. The lowest BCUT2D eigenvalue weighted by Gasteiger charge is -2.24. The molecule has 0 amide bonds. The number of aromatic nitrogens is 1. The Kier molecular flexibility index (Phi) is 5.22. The molecule has 0 N–H and O–H groups in total. The van der Waals surface area contributed by atoms with E-state index in [0.717, 1.165) is 17.2 Å². The Morgan fingerprint density at radius 3 is 2.95 bits per heavy atom. The maximum Gasteiger partial charge on any atom is 0.123 e. The molecule has 0 aliphatic carbocycles. The smallest absolute Gasteiger partial charge is 0.123 e. The fourth-order valence-electron chi connectivity index (χ4n) is 2.63. The minimum Gasteiger partial charge on any atom is -0.298 e. The van der Waals surface area contributed by atoms with Gasteiger partial charge in [-0.3, -0.25) is 4.90 Å². The van der Waals surface area contributed by atoms with E-state index in [1.807, 2.05) is 0 Å². The Morgan fingerprint density at radius 1 is 1.38 bits per heavy atom. The van der Waals surface area contributed by atoms with Crippen molar-refractivity contribution in [2.75, 3.05) is 18.6 Å². The van der Waals surface area contributed by atoms with E-state index in [2.05, 4.69) is 58.3 Å². The number of thiazole rings is 1. The first-order valence-corrected chi connectivity index (χ1v) is 9.71. The van der Waals surface area contributed by atoms with Crippen LogP contribution in [-0.4, -0.2) is 34.5 Å². The van der Waals surface area contributed by atoms with E-state index in [4.69, 9.17) is 11.6 Å². The quantitative estimate of drug-likeness (QED) is 0.747. The topological polar surface area (TPSA) is 16.1 Å². The molecule has 0 bridgehead atoms. The summed E-state index contributed by atoms with van der Waals surface area (Å²) in [4.78, 5) is 7.11. The molecule has 1 saturated heterocycles. The zero-order chi connectivity index (χ0) is 14.7. The first kappa shape index (κ1) is 15.3. The van der Waals surface area contributed by atoms with Crippen LogP contribution in [0.1, 0.15) is 17.7 Å². The molecule has 1 aliphatic rings. The summed E-state index contributed by atoms with van der Waals surface area (Å²) < 4.78 is 0. The van der Waals surface area contributed by atoms with Gasteiger partial charge >= 0.3 is 0 Å². The van der Waals surface area contributed by atoms with E-state index in [-0.39, 0.29) is 0 Å². The fourth-order valence-corrected chi connectivity index (χ4v) is 5.03. The summed E-state index contributed by atoms with van der Waals surface area (Å²) in [7, 11) is 2.24. The van der Waals surface area contributed by atoms with Crippen molar-refractivity contribution in [2.24, 2.45) is 0 Å². The molecule has 0 saturated carbocycles. The van der Waals surface area contributed by atoms with Crippen molar-refractivity contribution in [3.8, 4) is 10.6 Å². The highest BCUT2D eigenvalue weighted by atomic mass is 35.5. The second kappa shape index (κ2) is 7.14. The summed E-state index contributed by atoms with van der Waals surface area (Å²) in [5.74, 6) is 3.03. The molecular formula is C16H19ClN2S2. The number of thioether (sulfide) groups is 1.